The molecule has 0 spiro atoms. The van der Waals surface area contributed by atoms with Crippen molar-refractivity contribution >= 4 is 32.3 Å². The van der Waals surface area contributed by atoms with Gasteiger partial charge >= 0.3 is 0 Å². The molecule has 0 aromatic heterocycles. The van der Waals surface area contributed by atoms with Crippen molar-refractivity contribution in [3.05, 3.63) is 59.7 Å². The number of rotatable bonds is 4. The minimum Gasteiger partial charge on any atom is -0.391 e. The highest BCUT2D eigenvalue weighted by atomic mass is 16.3. The Morgan fingerprint density at radius 3 is 2.58 bits per heavy atom. The zero-order valence-corrected chi connectivity index (χ0v) is 15.3. The highest BCUT2D eigenvalue weighted by Crippen LogP contribution is 2.41. The van der Waals surface area contributed by atoms with Gasteiger partial charge in [0.05, 0.1) is 12.1 Å². The molecule has 5 rings (SSSR count). The SMILES string of the molecule is CCCCN[C@H]1c2cc3ccc4cccc5ccc(c2CC[C@H]1O)c3c45. The largest absolute Gasteiger partial charge is 0.391 e. The van der Waals surface area contributed by atoms with E-state index in [0.29, 0.717) is 0 Å². The van der Waals surface area contributed by atoms with Crippen LogP contribution >= 0.6 is 0 Å². The molecule has 0 unspecified atom stereocenters. The Morgan fingerprint density at radius 1 is 1.00 bits per heavy atom. The van der Waals surface area contributed by atoms with Gasteiger partial charge in [0.25, 0.3) is 0 Å². The zero-order valence-electron chi connectivity index (χ0n) is 15.3. The van der Waals surface area contributed by atoms with E-state index in [1.165, 1.54) is 49.9 Å². The summed E-state index contributed by atoms with van der Waals surface area (Å²) in [5.41, 5.74) is 2.72. The van der Waals surface area contributed by atoms with Gasteiger partial charge in [-0.05, 0) is 75.3 Å². The molecule has 0 heterocycles. The van der Waals surface area contributed by atoms with Crippen molar-refractivity contribution in [2.75, 3.05) is 6.54 Å². The maximum Gasteiger partial charge on any atom is 0.0738 e. The number of hydrogen-bond donors (Lipinski definition) is 2. The third-order valence-electron chi connectivity index (χ3n) is 6.10. The Balaban J connectivity index is 1.76. The molecule has 0 radical (unpaired) electrons. The van der Waals surface area contributed by atoms with Crippen LogP contribution in [0.2, 0.25) is 0 Å². The van der Waals surface area contributed by atoms with Crippen molar-refractivity contribution in [3.8, 4) is 0 Å². The van der Waals surface area contributed by atoms with E-state index in [1.54, 1.807) is 0 Å². The fraction of sp³-hybridized carbons (Fsp3) is 0.333. The van der Waals surface area contributed by atoms with Crippen molar-refractivity contribution in [1.82, 2.24) is 5.32 Å². The van der Waals surface area contributed by atoms with Crippen LogP contribution in [0.15, 0.2) is 48.5 Å². The molecule has 4 aromatic rings. The molecule has 0 saturated carbocycles. The van der Waals surface area contributed by atoms with Gasteiger partial charge in [0, 0.05) is 0 Å². The quantitative estimate of drug-likeness (QED) is 0.388. The van der Waals surface area contributed by atoms with Gasteiger partial charge in [0.1, 0.15) is 0 Å². The highest BCUT2D eigenvalue weighted by molar-refractivity contribution is 6.23. The van der Waals surface area contributed by atoms with Gasteiger partial charge in [-0.3, -0.25) is 0 Å². The number of aliphatic hydroxyl groups is 1. The molecule has 2 atom stereocenters. The van der Waals surface area contributed by atoms with E-state index in [-0.39, 0.29) is 12.1 Å². The number of aryl methyl sites for hydroxylation is 1. The Morgan fingerprint density at radius 2 is 1.77 bits per heavy atom. The summed E-state index contributed by atoms with van der Waals surface area (Å²) in [7, 11) is 0. The smallest absolute Gasteiger partial charge is 0.0738 e. The third-order valence-corrected chi connectivity index (χ3v) is 6.10. The van der Waals surface area contributed by atoms with E-state index >= 15 is 0 Å². The summed E-state index contributed by atoms with van der Waals surface area (Å²) in [6.07, 6.45) is 3.81. The molecular weight excluding hydrogens is 318 g/mol. The van der Waals surface area contributed by atoms with Gasteiger partial charge in [-0.2, -0.15) is 0 Å². The summed E-state index contributed by atoms with van der Waals surface area (Å²) in [5.74, 6) is 0. The van der Waals surface area contributed by atoms with Crippen LogP contribution in [0.1, 0.15) is 43.4 Å². The summed E-state index contributed by atoms with van der Waals surface area (Å²) >= 11 is 0. The van der Waals surface area contributed by atoms with Crippen molar-refractivity contribution < 1.29 is 5.11 Å². The predicted molar refractivity (Wildman–Crippen MR) is 110 cm³/mol. The van der Waals surface area contributed by atoms with E-state index < -0.39 is 0 Å². The molecule has 1 aliphatic carbocycles. The third kappa shape index (κ3) is 2.33. The summed E-state index contributed by atoms with van der Waals surface area (Å²) < 4.78 is 0. The van der Waals surface area contributed by atoms with Gasteiger partial charge in [0.15, 0.2) is 0 Å². The maximum absolute atomic E-state index is 10.7. The van der Waals surface area contributed by atoms with E-state index in [2.05, 4.69) is 60.8 Å². The van der Waals surface area contributed by atoms with Crippen molar-refractivity contribution in [2.45, 2.75) is 44.8 Å². The van der Waals surface area contributed by atoms with Gasteiger partial charge in [-0.15, -0.1) is 0 Å². The summed E-state index contributed by atoms with van der Waals surface area (Å²) in [4.78, 5) is 0. The second-order valence-electron chi connectivity index (χ2n) is 7.69. The molecule has 0 fully saturated rings. The number of unbranched alkanes of at least 4 members (excludes halogenated alkanes) is 1. The van der Waals surface area contributed by atoms with Gasteiger partial charge in [-0.25, -0.2) is 0 Å². The summed E-state index contributed by atoms with van der Waals surface area (Å²) in [6, 6.07) is 18.0. The molecule has 132 valence electrons. The first-order valence-corrected chi connectivity index (χ1v) is 9.88. The van der Waals surface area contributed by atoms with Gasteiger partial charge < -0.3 is 10.4 Å². The Labute approximate surface area is 154 Å². The molecule has 0 amide bonds. The van der Waals surface area contributed by atoms with Gasteiger partial charge in [0.2, 0.25) is 0 Å². The normalized spacial score (nSPS) is 20.2. The zero-order chi connectivity index (χ0) is 17.7. The van der Waals surface area contributed by atoms with E-state index in [9.17, 15) is 5.11 Å². The average Bonchev–Trinajstić information content (AvgIpc) is 2.67. The molecule has 0 saturated heterocycles. The molecule has 2 heteroatoms. The standard InChI is InChI=1S/C24H25NO/c1-2-3-13-25-24-20-14-17-8-7-15-5-4-6-16-9-10-19(23(17)22(15)16)18(20)11-12-21(24)26/h4-10,14,21,24-26H,2-3,11-13H2,1H3/t21-,24+/m1/s1. The second-order valence-corrected chi connectivity index (χ2v) is 7.69. The number of aliphatic hydroxyl groups excluding tert-OH is 1. The minimum atomic E-state index is -0.299. The van der Waals surface area contributed by atoms with Crippen molar-refractivity contribution in [2.24, 2.45) is 0 Å². The fourth-order valence-electron chi connectivity index (χ4n) is 4.79. The average molecular weight is 343 g/mol. The van der Waals surface area contributed by atoms with Crippen molar-refractivity contribution in [3.63, 3.8) is 0 Å². The lowest BCUT2D eigenvalue weighted by molar-refractivity contribution is 0.111. The summed E-state index contributed by atoms with van der Waals surface area (Å²) in [6.45, 7) is 3.17. The molecule has 4 aromatic carbocycles. The van der Waals surface area contributed by atoms with Gasteiger partial charge in [-0.1, -0.05) is 55.8 Å². The lowest BCUT2D eigenvalue weighted by Gasteiger charge is -2.33. The van der Waals surface area contributed by atoms with Crippen molar-refractivity contribution in [1.29, 1.82) is 0 Å². The van der Waals surface area contributed by atoms with Crippen LogP contribution in [0, 0.1) is 0 Å². The lowest BCUT2D eigenvalue weighted by atomic mass is 9.80. The van der Waals surface area contributed by atoms with Crippen LogP contribution in [0.5, 0.6) is 0 Å². The Bertz CT molecular complexity index is 1070. The molecule has 0 aliphatic heterocycles. The number of fused-ring (bicyclic) bond motifs is 2. The fourth-order valence-corrected chi connectivity index (χ4v) is 4.79. The topological polar surface area (TPSA) is 32.3 Å². The Kier molecular flexibility index (Phi) is 3.84. The monoisotopic (exact) mass is 343 g/mol. The van der Waals surface area contributed by atoms with E-state index in [0.717, 1.165) is 25.8 Å². The summed E-state index contributed by atoms with van der Waals surface area (Å²) in [5, 5.41) is 22.3. The predicted octanol–water partition coefficient (Wildman–Crippen LogP) is 5.32. The Hall–Kier alpha value is -2.16. The van der Waals surface area contributed by atoms with Crippen LogP contribution in [-0.2, 0) is 6.42 Å². The molecule has 2 nitrogen and oxygen atoms in total. The lowest BCUT2D eigenvalue weighted by Crippen LogP contribution is -2.36. The number of benzene rings is 4. The molecule has 1 aliphatic rings. The first-order chi connectivity index (χ1) is 12.8. The molecule has 0 bridgehead atoms. The van der Waals surface area contributed by atoms with Crippen LogP contribution in [-0.4, -0.2) is 17.8 Å². The van der Waals surface area contributed by atoms with E-state index in [1.807, 2.05) is 0 Å². The second kappa shape index (κ2) is 6.22. The first-order valence-electron chi connectivity index (χ1n) is 9.88. The number of hydrogen-bond acceptors (Lipinski definition) is 2. The highest BCUT2D eigenvalue weighted by Gasteiger charge is 2.29. The van der Waals surface area contributed by atoms with Crippen LogP contribution in [0.3, 0.4) is 0 Å². The minimum absolute atomic E-state index is 0.0483. The van der Waals surface area contributed by atoms with Crippen LogP contribution in [0.25, 0.3) is 32.3 Å². The first kappa shape index (κ1) is 16.0. The van der Waals surface area contributed by atoms with Crippen LogP contribution in [0.4, 0.5) is 0 Å². The van der Waals surface area contributed by atoms with E-state index in [4.69, 9.17) is 0 Å². The van der Waals surface area contributed by atoms with Crippen LogP contribution < -0.4 is 5.32 Å². The molecule has 2 N–H and O–H groups in total. The number of nitrogens with one attached hydrogen (secondary N) is 1. The maximum atomic E-state index is 10.7. The molecule has 26 heavy (non-hydrogen) atoms. The molecular formula is C24H25NO.